The fourth-order valence-electron chi connectivity index (χ4n) is 2.87. The number of para-hydroxylation sites is 1. The molecule has 0 fully saturated rings. The number of nitrogen functional groups attached to an aromatic ring is 1. The molecule has 4 rings (SSSR count). The zero-order valence-corrected chi connectivity index (χ0v) is 17.8. The fourth-order valence-corrected chi connectivity index (χ4v) is 5.26. The maximum Gasteiger partial charge on any atom is 0.295 e. The summed E-state index contributed by atoms with van der Waals surface area (Å²) in [5, 5.41) is 0.632. The topological polar surface area (TPSA) is 115 Å². The van der Waals surface area contributed by atoms with Crippen LogP contribution in [0.3, 0.4) is 0 Å². The molecule has 2 aromatic heterocycles. The number of rotatable bonds is 6. The zero-order chi connectivity index (χ0) is 21.3. The Morgan fingerprint density at radius 1 is 1.10 bits per heavy atom. The Morgan fingerprint density at radius 3 is 2.67 bits per heavy atom. The van der Waals surface area contributed by atoms with E-state index in [1.54, 1.807) is 48.5 Å². The van der Waals surface area contributed by atoms with Gasteiger partial charge in [0.2, 0.25) is 5.09 Å². The summed E-state index contributed by atoms with van der Waals surface area (Å²) in [6.45, 7) is 0. The maximum absolute atomic E-state index is 12.9. The molecule has 7 nitrogen and oxygen atoms in total. The van der Waals surface area contributed by atoms with E-state index in [9.17, 15) is 12.6 Å². The van der Waals surface area contributed by atoms with E-state index in [-0.39, 0.29) is 26.6 Å². The highest BCUT2D eigenvalue weighted by Gasteiger charge is 2.23. The van der Waals surface area contributed by atoms with Gasteiger partial charge in [-0.25, -0.2) is 4.98 Å². The molecular formula is C20H16ClN3O4S2. The standard InChI is InChI=1S/C20H16ClN3O4S2/c21-15-10-17(20(23-11-15)29(25)12-13-4-3-6-16(22)8-13)24-30(26,27)19-9-14-5-1-2-7-18(14)28-19/h1-11,24H,12,22H2. The van der Waals surface area contributed by atoms with Crippen LogP contribution in [0.2, 0.25) is 5.02 Å². The minimum atomic E-state index is -4.10. The smallest absolute Gasteiger partial charge is 0.295 e. The minimum Gasteiger partial charge on any atom is -0.443 e. The Morgan fingerprint density at radius 2 is 1.90 bits per heavy atom. The van der Waals surface area contributed by atoms with Crippen LogP contribution in [0.4, 0.5) is 11.4 Å². The lowest BCUT2D eigenvalue weighted by atomic mass is 10.2. The molecule has 1 atom stereocenters. The minimum absolute atomic E-state index is 0.0187. The molecule has 3 N–H and O–H groups in total. The van der Waals surface area contributed by atoms with Crippen LogP contribution in [0.5, 0.6) is 0 Å². The van der Waals surface area contributed by atoms with Crippen molar-refractivity contribution >= 4 is 54.8 Å². The van der Waals surface area contributed by atoms with Crippen LogP contribution in [0.1, 0.15) is 5.56 Å². The molecule has 0 radical (unpaired) electrons. The van der Waals surface area contributed by atoms with E-state index in [4.69, 9.17) is 21.8 Å². The molecule has 0 saturated carbocycles. The second-order valence-electron chi connectivity index (χ2n) is 6.45. The first-order valence-electron chi connectivity index (χ1n) is 8.71. The van der Waals surface area contributed by atoms with Crippen LogP contribution in [-0.4, -0.2) is 17.6 Å². The first-order chi connectivity index (χ1) is 14.3. The summed E-state index contributed by atoms with van der Waals surface area (Å²) in [7, 11) is -5.75. The number of aromatic nitrogens is 1. The Balaban J connectivity index is 1.66. The van der Waals surface area contributed by atoms with E-state index in [2.05, 4.69) is 9.71 Å². The van der Waals surface area contributed by atoms with Gasteiger partial charge < -0.3 is 10.2 Å². The van der Waals surface area contributed by atoms with E-state index < -0.39 is 20.8 Å². The van der Waals surface area contributed by atoms with Crippen molar-refractivity contribution in [2.45, 2.75) is 15.9 Å². The first-order valence-corrected chi connectivity index (χ1v) is 11.9. The zero-order valence-electron chi connectivity index (χ0n) is 15.4. The number of furan rings is 1. The number of nitrogens with one attached hydrogen (secondary N) is 1. The number of fused-ring (bicyclic) bond motifs is 1. The normalized spacial score (nSPS) is 12.7. The Labute approximate surface area is 180 Å². The van der Waals surface area contributed by atoms with E-state index >= 15 is 0 Å². The number of hydrogen-bond donors (Lipinski definition) is 2. The highest BCUT2D eigenvalue weighted by molar-refractivity contribution is 7.92. The average molecular weight is 462 g/mol. The van der Waals surface area contributed by atoms with Gasteiger partial charge in [-0.05, 0) is 29.8 Å². The molecule has 1 unspecified atom stereocenters. The van der Waals surface area contributed by atoms with Gasteiger partial charge in [0.1, 0.15) is 5.58 Å². The van der Waals surface area contributed by atoms with Crippen molar-refractivity contribution in [2.75, 3.05) is 10.5 Å². The molecule has 0 aliphatic carbocycles. The Kier molecular flexibility index (Phi) is 5.50. The van der Waals surface area contributed by atoms with Gasteiger partial charge in [-0.2, -0.15) is 8.42 Å². The summed E-state index contributed by atoms with van der Waals surface area (Å²) in [5.41, 5.74) is 7.50. The Hall–Kier alpha value is -2.88. The van der Waals surface area contributed by atoms with Crippen LogP contribution in [0.15, 0.2) is 81.4 Å². The molecule has 0 amide bonds. The molecule has 0 bridgehead atoms. The van der Waals surface area contributed by atoms with E-state index in [1.165, 1.54) is 18.3 Å². The van der Waals surface area contributed by atoms with Gasteiger partial charge in [0.05, 0.1) is 27.3 Å². The molecule has 0 aliphatic rings. The summed E-state index contributed by atoms with van der Waals surface area (Å²) >= 11 is 6.01. The third kappa shape index (κ3) is 4.33. The maximum atomic E-state index is 12.9. The van der Waals surface area contributed by atoms with Crippen molar-refractivity contribution in [3.63, 3.8) is 0 Å². The van der Waals surface area contributed by atoms with Crippen molar-refractivity contribution in [3.8, 4) is 0 Å². The molecule has 154 valence electrons. The van der Waals surface area contributed by atoms with E-state index in [0.29, 0.717) is 16.7 Å². The molecule has 0 spiro atoms. The summed E-state index contributed by atoms with van der Waals surface area (Å²) in [6.07, 6.45) is 1.31. The van der Waals surface area contributed by atoms with E-state index in [1.807, 2.05) is 0 Å². The largest absolute Gasteiger partial charge is 0.443 e. The number of sulfonamides is 1. The lowest BCUT2D eigenvalue weighted by Gasteiger charge is -2.11. The monoisotopic (exact) mass is 461 g/mol. The summed E-state index contributed by atoms with van der Waals surface area (Å²) in [5.74, 6) is 0.110. The summed E-state index contributed by atoms with van der Waals surface area (Å²) in [4.78, 5) is 4.10. The molecule has 0 saturated heterocycles. The molecular weight excluding hydrogens is 446 g/mol. The number of benzene rings is 2. The van der Waals surface area contributed by atoms with Crippen molar-refractivity contribution in [1.82, 2.24) is 4.98 Å². The first kappa shape index (κ1) is 20.4. The number of nitrogens with two attached hydrogens (primary N) is 1. The number of hydrogen-bond acceptors (Lipinski definition) is 6. The molecule has 0 aliphatic heterocycles. The van der Waals surface area contributed by atoms with Gasteiger partial charge >= 0.3 is 0 Å². The van der Waals surface area contributed by atoms with Gasteiger partial charge in [-0.3, -0.25) is 8.93 Å². The third-order valence-corrected chi connectivity index (χ3v) is 6.97. The fraction of sp³-hybridized carbons (Fsp3) is 0.0500. The second-order valence-corrected chi connectivity index (χ2v) is 9.87. The van der Waals surface area contributed by atoms with Crippen LogP contribution in [0, 0.1) is 0 Å². The van der Waals surface area contributed by atoms with Gasteiger partial charge in [-0.15, -0.1) is 0 Å². The Bertz CT molecular complexity index is 1340. The number of halogens is 1. The predicted molar refractivity (Wildman–Crippen MR) is 117 cm³/mol. The number of nitrogens with zero attached hydrogens (tertiary/aromatic N) is 1. The lowest BCUT2D eigenvalue weighted by Crippen LogP contribution is -2.15. The van der Waals surface area contributed by atoms with Crippen molar-refractivity contribution < 1.29 is 17.0 Å². The second kappa shape index (κ2) is 8.10. The summed E-state index contributed by atoms with van der Waals surface area (Å²) in [6, 6.07) is 16.7. The highest BCUT2D eigenvalue weighted by atomic mass is 35.5. The molecule has 4 aromatic rings. The van der Waals surface area contributed by atoms with Crippen LogP contribution >= 0.6 is 11.6 Å². The number of anilines is 2. The van der Waals surface area contributed by atoms with Gasteiger partial charge in [0, 0.05) is 23.3 Å². The van der Waals surface area contributed by atoms with Gasteiger partial charge in [-0.1, -0.05) is 41.9 Å². The van der Waals surface area contributed by atoms with Crippen LogP contribution in [0.25, 0.3) is 11.0 Å². The molecule has 10 heteroatoms. The van der Waals surface area contributed by atoms with Crippen LogP contribution < -0.4 is 10.5 Å². The van der Waals surface area contributed by atoms with Gasteiger partial charge in [0.15, 0.2) is 5.03 Å². The van der Waals surface area contributed by atoms with Crippen LogP contribution in [-0.2, 0) is 26.6 Å². The van der Waals surface area contributed by atoms with Crippen molar-refractivity contribution in [3.05, 3.63) is 77.4 Å². The quantitative estimate of drug-likeness (QED) is 0.416. The number of pyridine rings is 1. The van der Waals surface area contributed by atoms with Crippen molar-refractivity contribution in [2.24, 2.45) is 0 Å². The lowest BCUT2D eigenvalue weighted by molar-refractivity contribution is 0.484. The predicted octanol–water partition coefficient (Wildman–Crippen LogP) is 4.17. The molecule has 30 heavy (non-hydrogen) atoms. The van der Waals surface area contributed by atoms with Gasteiger partial charge in [0.25, 0.3) is 10.0 Å². The molecule has 2 aromatic carbocycles. The van der Waals surface area contributed by atoms with E-state index in [0.717, 1.165) is 5.56 Å². The van der Waals surface area contributed by atoms with Crippen molar-refractivity contribution in [1.29, 1.82) is 0 Å². The molecule has 2 heterocycles. The summed E-state index contributed by atoms with van der Waals surface area (Å²) < 4.78 is 46.5. The third-order valence-electron chi connectivity index (χ3n) is 4.19. The SMILES string of the molecule is Nc1cccc(CS(=O)c2ncc(Cl)cc2NS(=O)(=O)c2cc3ccccc3o2)c1. The average Bonchev–Trinajstić information content (AvgIpc) is 3.13. The highest BCUT2D eigenvalue weighted by Crippen LogP contribution is 2.28.